The van der Waals surface area contributed by atoms with Gasteiger partial charge < -0.3 is 10.1 Å². The predicted octanol–water partition coefficient (Wildman–Crippen LogP) is 6.29. The molecule has 1 N–H and O–H groups in total. The van der Waals surface area contributed by atoms with Crippen molar-refractivity contribution < 1.29 is 13.9 Å². The summed E-state index contributed by atoms with van der Waals surface area (Å²) in [4.78, 5) is 21.4. The maximum atomic E-state index is 13.7. The third-order valence-electron chi connectivity index (χ3n) is 6.21. The highest BCUT2D eigenvalue weighted by Gasteiger charge is 2.19. The van der Waals surface area contributed by atoms with Gasteiger partial charge >= 0.3 is 0 Å². The first-order valence-corrected chi connectivity index (χ1v) is 12.4. The number of benzene rings is 2. The van der Waals surface area contributed by atoms with Gasteiger partial charge in [0.2, 0.25) is 0 Å². The van der Waals surface area contributed by atoms with E-state index in [2.05, 4.69) is 15.4 Å². The third-order valence-corrected chi connectivity index (χ3v) is 6.55. The Bertz CT molecular complexity index is 1640. The van der Waals surface area contributed by atoms with E-state index in [4.69, 9.17) is 21.3 Å². The molecule has 3 heterocycles. The van der Waals surface area contributed by atoms with Crippen molar-refractivity contribution in [3.8, 4) is 11.4 Å². The molecule has 0 radical (unpaired) electrons. The lowest BCUT2D eigenvalue weighted by Crippen LogP contribution is -2.27. The molecule has 0 aliphatic rings. The van der Waals surface area contributed by atoms with Gasteiger partial charge in [0.15, 0.2) is 5.82 Å². The van der Waals surface area contributed by atoms with E-state index in [9.17, 15) is 9.18 Å². The fraction of sp³-hybridized carbons (Fsp3) is 0.172. The monoisotopic (exact) mass is 529 g/mol. The maximum Gasteiger partial charge on any atom is 0.251 e. The van der Waals surface area contributed by atoms with Crippen LogP contribution in [0.5, 0.6) is 5.75 Å². The largest absolute Gasteiger partial charge is 0.487 e. The number of aromatic nitrogens is 4. The van der Waals surface area contributed by atoms with Gasteiger partial charge in [-0.1, -0.05) is 29.8 Å². The molecule has 0 unspecified atom stereocenters. The molecule has 5 aromatic rings. The van der Waals surface area contributed by atoms with E-state index >= 15 is 0 Å². The number of carbonyl (C=O) groups excluding carboxylic acids is 1. The summed E-state index contributed by atoms with van der Waals surface area (Å²) in [6.45, 7) is 5.88. The third kappa shape index (κ3) is 5.21. The molecule has 38 heavy (non-hydrogen) atoms. The quantitative estimate of drug-likeness (QED) is 0.268. The molecule has 3 aromatic heterocycles. The molecule has 0 aliphatic heterocycles. The van der Waals surface area contributed by atoms with E-state index in [1.165, 1.54) is 10.9 Å². The summed E-state index contributed by atoms with van der Waals surface area (Å²) in [5.41, 5.74) is 5.17. The van der Waals surface area contributed by atoms with Crippen molar-refractivity contribution in [1.82, 2.24) is 25.1 Å². The van der Waals surface area contributed by atoms with E-state index < -0.39 is 5.82 Å². The molecule has 1 amide bonds. The minimum absolute atomic E-state index is 0.157. The summed E-state index contributed by atoms with van der Waals surface area (Å²) in [5.74, 6) is -0.0800. The summed E-state index contributed by atoms with van der Waals surface area (Å²) in [7, 11) is 0. The van der Waals surface area contributed by atoms with Crippen LogP contribution in [0.4, 0.5) is 4.39 Å². The second kappa shape index (κ2) is 10.6. The van der Waals surface area contributed by atoms with E-state index in [-0.39, 0.29) is 18.6 Å². The number of hydrogen-bond acceptors (Lipinski definition) is 5. The smallest absolute Gasteiger partial charge is 0.251 e. The van der Waals surface area contributed by atoms with Crippen LogP contribution in [0.25, 0.3) is 16.6 Å². The average molecular weight is 530 g/mol. The van der Waals surface area contributed by atoms with E-state index in [1.54, 1.807) is 24.5 Å². The highest BCUT2D eigenvalue weighted by Crippen LogP contribution is 2.32. The fourth-order valence-corrected chi connectivity index (χ4v) is 4.75. The van der Waals surface area contributed by atoms with Crippen molar-refractivity contribution in [3.05, 3.63) is 112 Å². The summed E-state index contributed by atoms with van der Waals surface area (Å²) in [6, 6.07) is 14.3. The predicted molar refractivity (Wildman–Crippen MR) is 144 cm³/mol. The van der Waals surface area contributed by atoms with Gasteiger partial charge in [0.25, 0.3) is 5.91 Å². The first-order chi connectivity index (χ1) is 18.3. The molecule has 1 atom stereocenters. The van der Waals surface area contributed by atoms with Gasteiger partial charge in [-0.25, -0.2) is 14.1 Å². The van der Waals surface area contributed by atoms with Crippen LogP contribution in [0.3, 0.4) is 0 Å². The second-order valence-corrected chi connectivity index (χ2v) is 9.48. The molecule has 9 heteroatoms. The number of hydrogen-bond donors (Lipinski definition) is 1. The topological polar surface area (TPSA) is 81.9 Å². The summed E-state index contributed by atoms with van der Waals surface area (Å²) >= 11 is 6.69. The Morgan fingerprint density at radius 2 is 1.95 bits per heavy atom. The Kier molecular flexibility index (Phi) is 7.07. The number of amides is 1. The highest BCUT2D eigenvalue weighted by atomic mass is 35.5. The van der Waals surface area contributed by atoms with Gasteiger partial charge in [0.05, 0.1) is 24.1 Å². The number of halogens is 2. The Morgan fingerprint density at radius 3 is 2.68 bits per heavy atom. The summed E-state index contributed by atoms with van der Waals surface area (Å²) in [5, 5.41) is 8.46. The first kappa shape index (κ1) is 25.4. The number of para-hydroxylation sites is 1. The zero-order valence-electron chi connectivity index (χ0n) is 21.1. The van der Waals surface area contributed by atoms with Gasteiger partial charge in [-0.05, 0) is 62.2 Å². The number of ether oxygens (including phenoxy) is 1. The molecular weight excluding hydrogens is 505 g/mol. The SMILES string of the molecule is Cc1cc(Cl)c(COc2cccc3c(-n4cc(F)cn4)cc(C)nc23)c([C@H](C)NC(=O)c2ccncc2)c1. The average Bonchev–Trinajstić information content (AvgIpc) is 3.34. The van der Waals surface area contributed by atoms with Crippen LogP contribution in [-0.2, 0) is 6.61 Å². The van der Waals surface area contributed by atoms with Gasteiger partial charge in [0, 0.05) is 39.6 Å². The van der Waals surface area contributed by atoms with Crippen LogP contribution in [0, 0.1) is 19.7 Å². The number of aryl methyl sites for hydroxylation is 2. The normalized spacial score (nSPS) is 11.9. The molecular formula is C29H25ClFN5O2. The Labute approximate surface area is 224 Å². The standard InChI is InChI=1S/C29H25ClFN5O2/c1-17-11-23(19(3)35-29(37)20-7-9-32-10-8-20)24(25(30)12-17)16-38-27-6-4-5-22-26(13-18(2)34-28(22)27)36-15-21(31)14-33-36/h4-15,19H,16H2,1-3H3,(H,35,37)/t19-/m0/s1. The molecule has 0 saturated heterocycles. The van der Waals surface area contributed by atoms with E-state index in [1.807, 2.05) is 57.2 Å². The van der Waals surface area contributed by atoms with Crippen LogP contribution in [-0.4, -0.2) is 25.7 Å². The molecule has 5 rings (SSSR count). The Balaban J connectivity index is 1.46. The maximum absolute atomic E-state index is 13.7. The van der Waals surface area contributed by atoms with Crippen molar-refractivity contribution >= 4 is 28.4 Å². The van der Waals surface area contributed by atoms with Crippen molar-refractivity contribution in [1.29, 1.82) is 0 Å². The molecule has 7 nitrogen and oxygen atoms in total. The number of nitrogens with zero attached hydrogens (tertiary/aromatic N) is 4. The minimum atomic E-state index is -0.424. The van der Waals surface area contributed by atoms with Crippen molar-refractivity contribution in [2.45, 2.75) is 33.4 Å². The van der Waals surface area contributed by atoms with E-state index in [0.717, 1.165) is 34.0 Å². The summed E-state index contributed by atoms with van der Waals surface area (Å²) in [6.07, 6.45) is 5.65. The number of carbonyl (C=O) groups is 1. The lowest BCUT2D eigenvalue weighted by atomic mass is 9.98. The Hall–Kier alpha value is -4.30. The molecule has 0 saturated carbocycles. The van der Waals surface area contributed by atoms with Crippen molar-refractivity contribution in [2.75, 3.05) is 0 Å². The minimum Gasteiger partial charge on any atom is -0.487 e. The second-order valence-electron chi connectivity index (χ2n) is 9.07. The van der Waals surface area contributed by atoms with Crippen LogP contribution < -0.4 is 10.1 Å². The highest BCUT2D eigenvalue weighted by molar-refractivity contribution is 6.31. The lowest BCUT2D eigenvalue weighted by molar-refractivity contribution is 0.0939. The van der Waals surface area contributed by atoms with Crippen LogP contribution in [0.1, 0.15) is 45.7 Å². The molecule has 192 valence electrons. The van der Waals surface area contributed by atoms with Crippen LogP contribution in [0.15, 0.2) is 73.3 Å². The summed E-state index contributed by atoms with van der Waals surface area (Å²) < 4.78 is 21.5. The molecule has 0 fully saturated rings. The van der Waals surface area contributed by atoms with Gasteiger partial charge in [-0.15, -0.1) is 0 Å². The Morgan fingerprint density at radius 1 is 1.16 bits per heavy atom. The number of nitrogens with one attached hydrogen (secondary N) is 1. The van der Waals surface area contributed by atoms with Crippen LogP contribution in [0.2, 0.25) is 5.02 Å². The van der Waals surface area contributed by atoms with E-state index in [0.29, 0.717) is 27.5 Å². The van der Waals surface area contributed by atoms with Crippen molar-refractivity contribution in [2.24, 2.45) is 0 Å². The van der Waals surface area contributed by atoms with Gasteiger partial charge in [-0.3, -0.25) is 9.78 Å². The number of fused-ring (bicyclic) bond motifs is 1. The number of pyridine rings is 2. The molecule has 0 aliphatic carbocycles. The fourth-order valence-electron chi connectivity index (χ4n) is 4.42. The zero-order chi connectivity index (χ0) is 26.8. The van der Waals surface area contributed by atoms with Crippen LogP contribution >= 0.6 is 11.6 Å². The van der Waals surface area contributed by atoms with Gasteiger partial charge in [0.1, 0.15) is 17.9 Å². The molecule has 0 bridgehead atoms. The lowest BCUT2D eigenvalue weighted by Gasteiger charge is -2.21. The van der Waals surface area contributed by atoms with Crippen molar-refractivity contribution in [3.63, 3.8) is 0 Å². The molecule has 2 aromatic carbocycles. The first-order valence-electron chi connectivity index (χ1n) is 12.0. The van der Waals surface area contributed by atoms with Gasteiger partial charge in [-0.2, -0.15) is 5.10 Å². The zero-order valence-corrected chi connectivity index (χ0v) is 21.8. The number of rotatable bonds is 7. The molecule has 0 spiro atoms.